The molecule has 0 aromatic carbocycles. The maximum Gasteiger partial charge on any atom is 0.317 e. The van der Waals surface area contributed by atoms with Crippen molar-refractivity contribution in [3.8, 4) is 0 Å². The summed E-state index contributed by atoms with van der Waals surface area (Å²) in [5, 5.41) is 3.25. The third kappa shape index (κ3) is 4.22. The van der Waals surface area contributed by atoms with Crippen molar-refractivity contribution < 1.29 is 14.3 Å². The van der Waals surface area contributed by atoms with E-state index in [4.69, 9.17) is 4.74 Å². The lowest BCUT2D eigenvalue weighted by molar-refractivity contribution is -0.149. The number of nitrogens with one attached hydrogen (secondary N) is 1. The number of amides is 2. The SMILES string of the molecule is CCOC(=O)C1CCCN(C(=O)NC2CCC3CCCCC3C2)C1. The Morgan fingerprint density at radius 3 is 2.62 bits per heavy atom. The Hall–Kier alpha value is -1.26. The number of esters is 1. The second-order valence-corrected chi connectivity index (χ2v) is 7.80. The number of piperidine rings is 1. The van der Waals surface area contributed by atoms with Crippen LogP contribution in [0.15, 0.2) is 0 Å². The Bertz CT molecular complexity index is 454. The number of rotatable bonds is 3. The van der Waals surface area contributed by atoms with Crippen molar-refractivity contribution in [2.24, 2.45) is 17.8 Å². The number of urea groups is 1. The summed E-state index contributed by atoms with van der Waals surface area (Å²) in [6.45, 7) is 3.49. The summed E-state index contributed by atoms with van der Waals surface area (Å²) in [6, 6.07) is 0.336. The average Bonchev–Trinajstić information content (AvgIpc) is 2.62. The maximum absolute atomic E-state index is 12.6. The summed E-state index contributed by atoms with van der Waals surface area (Å²) in [6.07, 6.45) is 10.7. The molecule has 3 rings (SSSR count). The van der Waals surface area contributed by atoms with Gasteiger partial charge in [-0.25, -0.2) is 4.79 Å². The fourth-order valence-corrected chi connectivity index (χ4v) is 4.88. The molecule has 3 fully saturated rings. The lowest BCUT2D eigenvalue weighted by atomic mass is 9.69. The average molecular weight is 336 g/mol. The standard InChI is InChI=1S/C19H32N2O3/c1-2-24-18(22)16-8-5-11-21(13-16)19(23)20-17-10-9-14-6-3-4-7-15(14)12-17/h14-17H,2-13H2,1H3,(H,20,23). The molecular formula is C19H32N2O3. The maximum atomic E-state index is 12.6. The summed E-state index contributed by atoms with van der Waals surface area (Å²) in [5.74, 6) is 1.40. The lowest BCUT2D eigenvalue weighted by Gasteiger charge is -2.40. The third-order valence-corrected chi connectivity index (χ3v) is 6.20. The minimum atomic E-state index is -0.155. The van der Waals surface area contributed by atoms with Crippen LogP contribution in [-0.2, 0) is 9.53 Å². The Labute approximate surface area is 145 Å². The second-order valence-electron chi connectivity index (χ2n) is 7.80. The Morgan fingerprint density at radius 2 is 1.83 bits per heavy atom. The highest BCUT2D eigenvalue weighted by Crippen LogP contribution is 2.40. The van der Waals surface area contributed by atoms with E-state index in [1.165, 1.54) is 32.1 Å². The van der Waals surface area contributed by atoms with Gasteiger partial charge in [-0.2, -0.15) is 0 Å². The van der Waals surface area contributed by atoms with E-state index < -0.39 is 0 Å². The molecule has 4 atom stereocenters. The molecule has 4 unspecified atom stereocenters. The van der Waals surface area contributed by atoms with Gasteiger partial charge in [0.1, 0.15) is 0 Å². The largest absolute Gasteiger partial charge is 0.466 e. The molecule has 0 spiro atoms. The number of hydrogen-bond donors (Lipinski definition) is 1. The summed E-state index contributed by atoms with van der Waals surface area (Å²) in [7, 11) is 0. The van der Waals surface area contributed by atoms with E-state index in [1.807, 2.05) is 11.8 Å². The number of fused-ring (bicyclic) bond motifs is 1. The first kappa shape index (κ1) is 17.6. The first-order chi connectivity index (χ1) is 11.7. The van der Waals surface area contributed by atoms with E-state index in [2.05, 4.69) is 5.32 Å². The molecule has 0 aromatic rings. The molecule has 1 saturated heterocycles. The molecule has 0 aromatic heterocycles. The van der Waals surface area contributed by atoms with Gasteiger partial charge in [-0.15, -0.1) is 0 Å². The lowest BCUT2D eigenvalue weighted by Crippen LogP contribution is -2.51. The number of carbonyl (C=O) groups is 2. The van der Waals surface area contributed by atoms with E-state index in [-0.39, 0.29) is 17.9 Å². The summed E-state index contributed by atoms with van der Waals surface area (Å²) < 4.78 is 5.12. The van der Waals surface area contributed by atoms with Gasteiger partial charge in [0.15, 0.2) is 0 Å². The Kier molecular flexibility index (Phi) is 6.01. The molecule has 2 saturated carbocycles. The Morgan fingerprint density at radius 1 is 1.04 bits per heavy atom. The van der Waals surface area contributed by atoms with Crippen molar-refractivity contribution in [3.05, 3.63) is 0 Å². The quantitative estimate of drug-likeness (QED) is 0.804. The highest BCUT2D eigenvalue weighted by molar-refractivity contribution is 5.77. The second kappa shape index (κ2) is 8.21. The fourth-order valence-electron chi connectivity index (χ4n) is 4.88. The minimum Gasteiger partial charge on any atom is -0.466 e. The van der Waals surface area contributed by atoms with Crippen molar-refractivity contribution in [1.29, 1.82) is 0 Å². The number of nitrogens with zero attached hydrogens (tertiary/aromatic N) is 1. The highest BCUT2D eigenvalue weighted by atomic mass is 16.5. The molecular weight excluding hydrogens is 304 g/mol. The number of carbonyl (C=O) groups excluding carboxylic acids is 2. The minimum absolute atomic E-state index is 0.0169. The van der Waals surface area contributed by atoms with E-state index in [1.54, 1.807) is 0 Å². The van der Waals surface area contributed by atoms with Crippen molar-refractivity contribution in [3.63, 3.8) is 0 Å². The van der Waals surface area contributed by atoms with Crippen LogP contribution in [0.4, 0.5) is 4.79 Å². The summed E-state index contributed by atoms with van der Waals surface area (Å²) in [5.41, 5.74) is 0. The third-order valence-electron chi connectivity index (χ3n) is 6.20. The van der Waals surface area contributed by atoms with Crippen LogP contribution in [0.3, 0.4) is 0 Å². The number of hydrogen-bond acceptors (Lipinski definition) is 3. The molecule has 2 amide bonds. The van der Waals surface area contributed by atoms with Gasteiger partial charge in [-0.05, 0) is 50.9 Å². The molecule has 1 heterocycles. The fraction of sp³-hybridized carbons (Fsp3) is 0.895. The molecule has 5 nitrogen and oxygen atoms in total. The van der Waals surface area contributed by atoms with Crippen LogP contribution in [-0.4, -0.2) is 42.6 Å². The predicted molar refractivity (Wildman–Crippen MR) is 92.5 cm³/mol. The molecule has 0 radical (unpaired) electrons. The van der Waals surface area contributed by atoms with Crippen LogP contribution in [0.2, 0.25) is 0 Å². The van der Waals surface area contributed by atoms with Crippen molar-refractivity contribution in [2.75, 3.05) is 19.7 Å². The highest BCUT2D eigenvalue weighted by Gasteiger charge is 2.34. The smallest absolute Gasteiger partial charge is 0.317 e. The van der Waals surface area contributed by atoms with Gasteiger partial charge in [0.2, 0.25) is 0 Å². The first-order valence-corrected chi connectivity index (χ1v) is 9.89. The topological polar surface area (TPSA) is 58.6 Å². The molecule has 136 valence electrons. The van der Waals surface area contributed by atoms with Crippen molar-refractivity contribution in [2.45, 2.75) is 70.8 Å². The Balaban J connectivity index is 1.48. The van der Waals surface area contributed by atoms with Crippen molar-refractivity contribution in [1.82, 2.24) is 10.2 Å². The van der Waals surface area contributed by atoms with Gasteiger partial charge in [0, 0.05) is 19.1 Å². The van der Waals surface area contributed by atoms with Gasteiger partial charge in [-0.3, -0.25) is 4.79 Å². The van der Waals surface area contributed by atoms with Gasteiger partial charge >= 0.3 is 12.0 Å². The zero-order valence-corrected chi connectivity index (χ0v) is 15.0. The normalized spacial score (nSPS) is 33.5. The molecule has 5 heteroatoms. The van der Waals surface area contributed by atoms with E-state index in [9.17, 15) is 9.59 Å². The summed E-state index contributed by atoms with van der Waals surface area (Å²) >= 11 is 0. The van der Waals surface area contributed by atoms with Crippen LogP contribution in [0, 0.1) is 17.8 Å². The van der Waals surface area contributed by atoms with Crippen LogP contribution < -0.4 is 5.32 Å². The van der Waals surface area contributed by atoms with Crippen LogP contribution >= 0.6 is 0 Å². The molecule has 3 aliphatic rings. The van der Waals surface area contributed by atoms with Gasteiger partial charge in [-0.1, -0.05) is 25.7 Å². The molecule has 0 bridgehead atoms. The van der Waals surface area contributed by atoms with Gasteiger partial charge in [0.05, 0.1) is 12.5 Å². The van der Waals surface area contributed by atoms with Crippen LogP contribution in [0.5, 0.6) is 0 Å². The molecule has 24 heavy (non-hydrogen) atoms. The van der Waals surface area contributed by atoms with E-state index in [0.29, 0.717) is 19.2 Å². The predicted octanol–water partition coefficient (Wildman–Crippen LogP) is 3.33. The first-order valence-electron chi connectivity index (χ1n) is 9.89. The zero-order chi connectivity index (χ0) is 16.9. The number of likely N-dealkylation sites (tertiary alicyclic amines) is 1. The molecule has 1 N–H and O–H groups in total. The van der Waals surface area contributed by atoms with Gasteiger partial charge < -0.3 is 15.0 Å². The van der Waals surface area contributed by atoms with Crippen LogP contribution in [0.25, 0.3) is 0 Å². The zero-order valence-electron chi connectivity index (χ0n) is 15.0. The molecule has 2 aliphatic carbocycles. The number of ether oxygens (including phenoxy) is 1. The van der Waals surface area contributed by atoms with E-state index >= 15 is 0 Å². The van der Waals surface area contributed by atoms with Gasteiger partial charge in [0.25, 0.3) is 0 Å². The summed E-state index contributed by atoms with van der Waals surface area (Å²) in [4.78, 5) is 26.4. The monoisotopic (exact) mass is 336 g/mol. The van der Waals surface area contributed by atoms with Crippen molar-refractivity contribution >= 4 is 12.0 Å². The van der Waals surface area contributed by atoms with Crippen LogP contribution in [0.1, 0.15) is 64.7 Å². The molecule has 1 aliphatic heterocycles. The van der Waals surface area contributed by atoms with E-state index in [0.717, 1.165) is 44.1 Å².